The summed E-state index contributed by atoms with van der Waals surface area (Å²) in [5.41, 5.74) is 2.07. The summed E-state index contributed by atoms with van der Waals surface area (Å²) in [7, 11) is -1.98. The fourth-order valence-electron chi connectivity index (χ4n) is 3.47. The van der Waals surface area contributed by atoms with Crippen molar-refractivity contribution >= 4 is 15.9 Å². The predicted octanol–water partition coefficient (Wildman–Crippen LogP) is 3.04. The van der Waals surface area contributed by atoms with Crippen molar-refractivity contribution in [1.29, 1.82) is 0 Å². The van der Waals surface area contributed by atoms with E-state index in [0.717, 1.165) is 29.7 Å². The molecule has 1 N–H and O–H groups in total. The molecule has 150 valence electrons. The molecular formula is C21H26N2O4S. The average molecular weight is 403 g/mol. The maximum atomic E-state index is 12.7. The number of ether oxygens (including phenoxy) is 1. The molecule has 1 atom stereocenters. The van der Waals surface area contributed by atoms with E-state index in [0.29, 0.717) is 6.54 Å². The molecule has 2 aromatic rings. The second-order valence-corrected chi connectivity index (χ2v) is 8.75. The zero-order valence-corrected chi connectivity index (χ0v) is 17.0. The highest BCUT2D eigenvalue weighted by Crippen LogP contribution is 2.33. The van der Waals surface area contributed by atoms with Crippen molar-refractivity contribution in [3.8, 4) is 5.75 Å². The molecule has 1 saturated heterocycles. The molecule has 0 aromatic heterocycles. The van der Waals surface area contributed by atoms with Crippen LogP contribution in [0, 0.1) is 6.92 Å². The highest BCUT2D eigenvalue weighted by molar-refractivity contribution is 7.89. The van der Waals surface area contributed by atoms with Crippen LogP contribution in [-0.2, 0) is 14.8 Å². The molecule has 6 nitrogen and oxygen atoms in total. The van der Waals surface area contributed by atoms with Crippen LogP contribution in [0.2, 0.25) is 0 Å². The van der Waals surface area contributed by atoms with E-state index < -0.39 is 10.0 Å². The predicted molar refractivity (Wildman–Crippen MR) is 108 cm³/mol. The standard InChI is InChI=1S/C21H26N2O4S/c1-16-5-11-19(12-6-16)28(25,26)22-14-13-21(24)23-15-3-4-20(23)17-7-9-18(27-2)10-8-17/h5-12,20,22H,3-4,13-15H2,1-2H3/t20-/m0/s1. The van der Waals surface area contributed by atoms with Crippen LogP contribution in [0.3, 0.4) is 0 Å². The van der Waals surface area contributed by atoms with Gasteiger partial charge in [0.15, 0.2) is 0 Å². The number of rotatable bonds is 7. The quantitative estimate of drug-likeness (QED) is 0.772. The van der Waals surface area contributed by atoms with E-state index in [1.165, 1.54) is 0 Å². The van der Waals surface area contributed by atoms with Gasteiger partial charge in [-0.2, -0.15) is 0 Å². The van der Waals surface area contributed by atoms with Crippen LogP contribution in [0.4, 0.5) is 0 Å². The Morgan fingerprint density at radius 1 is 1.14 bits per heavy atom. The fraction of sp³-hybridized carbons (Fsp3) is 0.381. The van der Waals surface area contributed by atoms with E-state index in [4.69, 9.17) is 4.74 Å². The smallest absolute Gasteiger partial charge is 0.240 e. The molecule has 1 amide bonds. The van der Waals surface area contributed by atoms with Crippen molar-refractivity contribution in [2.24, 2.45) is 0 Å². The summed E-state index contributed by atoms with van der Waals surface area (Å²) in [5.74, 6) is 0.745. The minimum absolute atomic E-state index is 0.0344. The van der Waals surface area contributed by atoms with Crippen LogP contribution in [0.1, 0.15) is 36.4 Å². The topological polar surface area (TPSA) is 75.7 Å². The molecule has 0 radical (unpaired) electrons. The van der Waals surface area contributed by atoms with Crippen LogP contribution >= 0.6 is 0 Å². The van der Waals surface area contributed by atoms with Crippen LogP contribution in [0.5, 0.6) is 5.75 Å². The minimum atomic E-state index is -3.60. The Balaban J connectivity index is 1.58. The van der Waals surface area contributed by atoms with Crippen LogP contribution in [0.25, 0.3) is 0 Å². The number of carbonyl (C=O) groups is 1. The van der Waals surface area contributed by atoms with Gasteiger partial charge in [0.1, 0.15) is 5.75 Å². The van der Waals surface area contributed by atoms with Crippen molar-refractivity contribution in [2.45, 2.75) is 37.1 Å². The number of nitrogens with zero attached hydrogens (tertiary/aromatic N) is 1. The SMILES string of the molecule is COc1ccc([C@@H]2CCCN2C(=O)CCNS(=O)(=O)c2ccc(C)cc2)cc1. The third-order valence-corrected chi connectivity index (χ3v) is 6.51. The van der Waals surface area contributed by atoms with Gasteiger partial charge in [0.25, 0.3) is 0 Å². The number of sulfonamides is 1. The second-order valence-electron chi connectivity index (χ2n) is 6.98. The van der Waals surface area contributed by atoms with Crippen molar-refractivity contribution in [1.82, 2.24) is 9.62 Å². The summed E-state index contributed by atoms with van der Waals surface area (Å²) >= 11 is 0. The molecule has 0 bridgehead atoms. The van der Waals surface area contributed by atoms with Crippen molar-refractivity contribution in [2.75, 3.05) is 20.2 Å². The molecule has 1 fully saturated rings. The number of amides is 1. The number of likely N-dealkylation sites (tertiary alicyclic amines) is 1. The summed E-state index contributed by atoms with van der Waals surface area (Å²) in [6.07, 6.45) is 1.99. The van der Waals surface area contributed by atoms with Gasteiger partial charge >= 0.3 is 0 Å². The molecule has 0 spiro atoms. The zero-order valence-electron chi connectivity index (χ0n) is 16.2. The van der Waals surface area contributed by atoms with Crippen molar-refractivity contribution in [3.63, 3.8) is 0 Å². The summed E-state index contributed by atoms with van der Waals surface area (Å²) in [6, 6.07) is 14.4. The van der Waals surface area contributed by atoms with Gasteiger partial charge in [-0.1, -0.05) is 29.8 Å². The first-order chi connectivity index (χ1) is 13.4. The second kappa shape index (κ2) is 8.75. The Morgan fingerprint density at radius 2 is 1.82 bits per heavy atom. The molecule has 3 rings (SSSR count). The lowest BCUT2D eigenvalue weighted by Gasteiger charge is -2.25. The number of methoxy groups -OCH3 is 1. The van der Waals surface area contributed by atoms with E-state index in [-0.39, 0.29) is 29.8 Å². The Labute approximate surface area is 166 Å². The largest absolute Gasteiger partial charge is 0.497 e. The number of aryl methyl sites for hydroxylation is 1. The van der Waals surface area contributed by atoms with Crippen LogP contribution < -0.4 is 9.46 Å². The van der Waals surface area contributed by atoms with Crippen molar-refractivity contribution in [3.05, 3.63) is 59.7 Å². The third-order valence-electron chi connectivity index (χ3n) is 5.04. The number of hydrogen-bond donors (Lipinski definition) is 1. The lowest BCUT2D eigenvalue weighted by molar-refractivity contribution is -0.131. The third kappa shape index (κ3) is 4.72. The Bertz CT molecular complexity index is 908. The van der Waals surface area contributed by atoms with E-state index in [1.807, 2.05) is 36.1 Å². The van der Waals surface area contributed by atoms with E-state index in [2.05, 4.69) is 4.72 Å². The summed E-state index contributed by atoms with van der Waals surface area (Å²) in [6.45, 7) is 2.68. The van der Waals surface area contributed by atoms with Gasteiger partial charge in [0.2, 0.25) is 15.9 Å². The van der Waals surface area contributed by atoms with Gasteiger partial charge in [-0.05, 0) is 49.6 Å². The van der Waals surface area contributed by atoms with Gasteiger partial charge in [-0.3, -0.25) is 4.79 Å². The van der Waals surface area contributed by atoms with Gasteiger partial charge < -0.3 is 9.64 Å². The van der Waals surface area contributed by atoms with E-state index in [1.54, 1.807) is 31.4 Å². The number of carbonyl (C=O) groups excluding carboxylic acids is 1. The van der Waals surface area contributed by atoms with Crippen LogP contribution in [0.15, 0.2) is 53.4 Å². The molecule has 1 aliphatic heterocycles. The number of benzene rings is 2. The lowest BCUT2D eigenvalue weighted by atomic mass is 10.0. The highest BCUT2D eigenvalue weighted by Gasteiger charge is 2.29. The van der Waals surface area contributed by atoms with Gasteiger partial charge in [0.05, 0.1) is 18.0 Å². The van der Waals surface area contributed by atoms with Gasteiger partial charge in [0, 0.05) is 19.5 Å². The molecule has 2 aromatic carbocycles. The average Bonchev–Trinajstić information content (AvgIpc) is 3.18. The molecule has 1 heterocycles. The molecule has 0 saturated carbocycles. The van der Waals surface area contributed by atoms with E-state index >= 15 is 0 Å². The summed E-state index contributed by atoms with van der Waals surface area (Å²) in [4.78, 5) is 14.7. The molecule has 1 aliphatic rings. The zero-order chi connectivity index (χ0) is 20.1. The number of nitrogens with one attached hydrogen (secondary N) is 1. The maximum absolute atomic E-state index is 12.7. The summed E-state index contributed by atoms with van der Waals surface area (Å²) < 4.78 is 32.4. The molecular weight excluding hydrogens is 376 g/mol. The van der Waals surface area contributed by atoms with Gasteiger partial charge in [-0.25, -0.2) is 13.1 Å². The molecule has 0 aliphatic carbocycles. The molecule has 7 heteroatoms. The minimum Gasteiger partial charge on any atom is -0.497 e. The first-order valence-corrected chi connectivity index (χ1v) is 10.9. The first-order valence-electron chi connectivity index (χ1n) is 9.40. The number of hydrogen-bond acceptors (Lipinski definition) is 4. The van der Waals surface area contributed by atoms with E-state index in [9.17, 15) is 13.2 Å². The maximum Gasteiger partial charge on any atom is 0.240 e. The lowest BCUT2D eigenvalue weighted by Crippen LogP contribution is -2.34. The first kappa shape index (κ1) is 20.4. The Morgan fingerprint density at radius 3 is 2.46 bits per heavy atom. The normalized spacial score (nSPS) is 16.9. The fourth-order valence-corrected chi connectivity index (χ4v) is 4.51. The summed E-state index contributed by atoms with van der Waals surface area (Å²) in [5, 5.41) is 0. The molecule has 0 unspecified atom stereocenters. The van der Waals surface area contributed by atoms with Gasteiger partial charge in [-0.15, -0.1) is 0 Å². The Kier molecular flexibility index (Phi) is 6.36. The Hall–Kier alpha value is -2.38. The van der Waals surface area contributed by atoms with Crippen LogP contribution in [-0.4, -0.2) is 39.4 Å². The monoisotopic (exact) mass is 402 g/mol. The molecule has 28 heavy (non-hydrogen) atoms. The highest BCUT2D eigenvalue weighted by atomic mass is 32.2. The van der Waals surface area contributed by atoms with Crippen molar-refractivity contribution < 1.29 is 17.9 Å².